The predicted octanol–water partition coefficient (Wildman–Crippen LogP) is 4.31. The number of fused-ring (bicyclic) bond motifs is 2. The number of ether oxygens (including phenoxy) is 1. The predicted molar refractivity (Wildman–Crippen MR) is 125 cm³/mol. The Morgan fingerprint density at radius 1 is 1.10 bits per heavy atom. The molecule has 0 radical (unpaired) electrons. The first-order valence-corrected chi connectivity index (χ1v) is 11.8. The zero-order valence-electron chi connectivity index (χ0n) is 17.5. The molecule has 1 saturated heterocycles. The van der Waals surface area contributed by atoms with Gasteiger partial charge < -0.3 is 10.1 Å². The number of benzene rings is 2. The lowest BCUT2D eigenvalue weighted by Gasteiger charge is -2.23. The van der Waals surface area contributed by atoms with Gasteiger partial charge in [0.1, 0.15) is 5.75 Å². The minimum Gasteiger partial charge on any atom is -0.493 e. The summed E-state index contributed by atoms with van der Waals surface area (Å²) in [6.45, 7) is 5.04. The second-order valence-electron chi connectivity index (χ2n) is 7.96. The topological polar surface area (TPSA) is 54.0 Å². The molecule has 0 atom stereocenters. The Hall–Kier alpha value is -2.61. The Balaban J connectivity index is 1.10. The Morgan fingerprint density at radius 3 is 3.03 bits per heavy atom. The lowest BCUT2D eigenvalue weighted by atomic mass is 10.0. The third kappa shape index (κ3) is 4.69. The minimum atomic E-state index is 0.0808. The molecule has 3 aromatic rings. The lowest BCUT2D eigenvalue weighted by Crippen LogP contribution is -2.31. The maximum absolute atomic E-state index is 11.6. The lowest BCUT2D eigenvalue weighted by molar-refractivity contribution is -0.116. The first kappa shape index (κ1) is 20.3. The second kappa shape index (κ2) is 9.26. The number of carbonyl (C=O) groups excluding carboxylic acids is 1. The molecule has 2 aromatic carbocycles. The molecule has 0 saturated carbocycles. The number of amides is 1. The standard InChI is InChI=1S/C24H27N3O3S/c28-24-8-6-18-5-7-19(17-21(18)25-24)29-14-2-10-26-11-12-27(30-15-13-26)22-3-1-4-23-20(22)9-16-31-23/h1,3-5,7,9,16-17H,2,6,8,10-15H2,(H,25,28). The smallest absolute Gasteiger partial charge is 0.224 e. The fourth-order valence-electron chi connectivity index (χ4n) is 4.22. The van der Waals surface area contributed by atoms with E-state index in [9.17, 15) is 4.79 Å². The van der Waals surface area contributed by atoms with E-state index < -0.39 is 0 Å². The van der Waals surface area contributed by atoms with Crippen LogP contribution in [0.1, 0.15) is 18.4 Å². The van der Waals surface area contributed by atoms with Crippen molar-refractivity contribution >= 4 is 38.7 Å². The number of carbonyl (C=O) groups is 1. The van der Waals surface area contributed by atoms with Crippen LogP contribution in [-0.4, -0.2) is 50.2 Å². The molecule has 0 spiro atoms. The van der Waals surface area contributed by atoms with Crippen molar-refractivity contribution in [2.24, 2.45) is 0 Å². The molecule has 1 aromatic heterocycles. The van der Waals surface area contributed by atoms with Gasteiger partial charge in [-0.05, 0) is 48.1 Å². The number of anilines is 2. The molecule has 0 unspecified atom stereocenters. The highest BCUT2D eigenvalue weighted by atomic mass is 32.1. The summed E-state index contributed by atoms with van der Waals surface area (Å²) in [6.07, 6.45) is 2.31. The zero-order valence-corrected chi connectivity index (χ0v) is 18.3. The van der Waals surface area contributed by atoms with Crippen LogP contribution in [0.3, 0.4) is 0 Å². The van der Waals surface area contributed by atoms with Gasteiger partial charge in [0.2, 0.25) is 5.91 Å². The third-order valence-corrected chi connectivity index (χ3v) is 6.76. The zero-order chi connectivity index (χ0) is 21.0. The summed E-state index contributed by atoms with van der Waals surface area (Å²) >= 11 is 1.76. The highest BCUT2D eigenvalue weighted by molar-refractivity contribution is 7.17. The van der Waals surface area contributed by atoms with Gasteiger partial charge in [-0.3, -0.25) is 19.6 Å². The maximum atomic E-state index is 11.6. The minimum absolute atomic E-state index is 0.0808. The molecule has 5 rings (SSSR count). The summed E-state index contributed by atoms with van der Waals surface area (Å²) in [4.78, 5) is 20.1. The van der Waals surface area contributed by atoms with E-state index in [4.69, 9.17) is 9.57 Å². The molecule has 0 aliphatic carbocycles. The molecular weight excluding hydrogens is 410 g/mol. The van der Waals surface area contributed by atoms with Crippen LogP contribution in [0.5, 0.6) is 5.75 Å². The number of nitrogens with one attached hydrogen (secondary N) is 1. The summed E-state index contributed by atoms with van der Waals surface area (Å²) in [5.74, 6) is 0.896. The van der Waals surface area contributed by atoms with E-state index in [1.54, 1.807) is 11.3 Å². The van der Waals surface area contributed by atoms with E-state index in [2.05, 4.69) is 45.9 Å². The molecule has 31 heavy (non-hydrogen) atoms. The number of aryl methyl sites for hydroxylation is 1. The van der Waals surface area contributed by atoms with Crippen molar-refractivity contribution in [3.8, 4) is 5.75 Å². The molecule has 1 N–H and O–H groups in total. The summed E-state index contributed by atoms with van der Waals surface area (Å²) < 4.78 is 7.23. The van der Waals surface area contributed by atoms with Gasteiger partial charge in [0.15, 0.2) is 0 Å². The fraction of sp³-hybridized carbons (Fsp3) is 0.375. The normalized spacial score (nSPS) is 17.3. The van der Waals surface area contributed by atoms with Crippen molar-refractivity contribution in [2.45, 2.75) is 19.3 Å². The number of rotatable bonds is 6. The number of nitrogens with zero attached hydrogens (tertiary/aromatic N) is 2. The van der Waals surface area contributed by atoms with E-state index in [0.29, 0.717) is 19.6 Å². The van der Waals surface area contributed by atoms with Crippen LogP contribution in [0.2, 0.25) is 0 Å². The van der Waals surface area contributed by atoms with Gasteiger partial charge in [0.05, 0.1) is 25.4 Å². The number of thiophene rings is 1. The van der Waals surface area contributed by atoms with Crippen LogP contribution >= 0.6 is 11.3 Å². The van der Waals surface area contributed by atoms with Gasteiger partial charge in [-0.1, -0.05) is 12.1 Å². The maximum Gasteiger partial charge on any atom is 0.224 e. The molecule has 2 aliphatic rings. The van der Waals surface area contributed by atoms with Crippen molar-refractivity contribution < 1.29 is 14.4 Å². The molecule has 0 bridgehead atoms. The molecule has 162 valence electrons. The van der Waals surface area contributed by atoms with E-state index >= 15 is 0 Å². The first-order chi connectivity index (χ1) is 15.3. The van der Waals surface area contributed by atoms with Gasteiger partial charge >= 0.3 is 0 Å². The largest absolute Gasteiger partial charge is 0.493 e. The van der Waals surface area contributed by atoms with Gasteiger partial charge in [-0.2, -0.15) is 0 Å². The van der Waals surface area contributed by atoms with Crippen LogP contribution < -0.4 is 15.1 Å². The quantitative estimate of drug-likeness (QED) is 0.583. The Morgan fingerprint density at radius 2 is 2.06 bits per heavy atom. The van der Waals surface area contributed by atoms with Crippen molar-refractivity contribution in [2.75, 3.05) is 49.8 Å². The van der Waals surface area contributed by atoms with Gasteiger partial charge in [-0.15, -0.1) is 11.3 Å². The molecule has 1 fully saturated rings. The molecule has 7 heteroatoms. The van der Waals surface area contributed by atoms with Gasteiger partial charge in [-0.25, -0.2) is 0 Å². The number of hydroxylamine groups is 1. The summed E-state index contributed by atoms with van der Waals surface area (Å²) in [6, 6.07) is 14.6. The van der Waals surface area contributed by atoms with Gasteiger partial charge in [0.25, 0.3) is 0 Å². The number of hydrogen-bond donors (Lipinski definition) is 1. The van der Waals surface area contributed by atoms with Crippen LogP contribution in [0.4, 0.5) is 11.4 Å². The average molecular weight is 438 g/mol. The average Bonchev–Trinajstić information content (AvgIpc) is 3.15. The summed E-state index contributed by atoms with van der Waals surface area (Å²) in [5, 5.41) is 8.37. The summed E-state index contributed by atoms with van der Waals surface area (Å²) in [5.41, 5.74) is 3.22. The van der Waals surface area contributed by atoms with Crippen molar-refractivity contribution in [1.29, 1.82) is 0 Å². The molecule has 3 heterocycles. The fourth-order valence-corrected chi connectivity index (χ4v) is 5.02. The van der Waals surface area contributed by atoms with E-state index in [-0.39, 0.29) is 5.91 Å². The van der Waals surface area contributed by atoms with Crippen LogP contribution in [-0.2, 0) is 16.1 Å². The second-order valence-corrected chi connectivity index (χ2v) is 8.90. The Labute approximate surface area is 186 Å². The highest BCUT2D eigenvalue weighted by Gasteiger charge is 2.18. The monoisotopic (exact) mass is 437 g/mol. The molecule has 6 nitrogen and oxygen atoms in total. The number of hydrogen-bond acceptors (Lipinski definition) is 6. The van der Waals surface area contributed by atoms with Crippen molar-refractivity contribution in [3.63, 3.8) is 0 Å². The Kier molecular flexibility index (Phi) is 6.06. The third-order valence-electron chi connectivity index (χ3n) is 5.88. The van der Waals surface area contributed by atoms with E-state index in [1.807, 2.05) is 17.2 Å². The summed E-state index contributed by atoms with van der Waals surface area (Å²) in [7, 11) is 0. The molecule has 1 amide bonds. The van der Waals surface area contributed by atoms with Crippen molar-refractivity contribution in [1.82, 2.24) is 4.90 Å². The van der Waals surface area contributed by atoms with Crippen molar-refractivity contribution in [3.05, 3.63) is 53.4 Å². The SMILES string of the molecule is O=C1CCc2ccc(OCCCN3CCON(c4cccc5sccc45)CC3)cc2N1. The van der Waals surface area contributed by atoms with E-state index in [0.717, 1.165) is 56.1 Å². The highest BCUT2D eigenvalue weighted by Crippen LogP contribution is 2.31. The first-order valence-electron chi connectivity index (χ1n) is 10.9. The Bertz CT molecular complexity index is 1070. The van der Waals surface area contributed by atoms with Crippen LogP contribution in [0.25, 0.3) is 10.1 Å². The van der Waals surface area contributed by atoms with Crippen LogP contribution in [0, 0.1) is 0 Å². The van der Waals surface area contributed by atoms with Gasteiger partial charge in [0, 0.05) is 47.9 Å². The molecular formula is C24H27N3O3S. The molecule has 2 aliphatic heterocycles. The van der Waals surface area contributed by atoms with E-state index in [1.165, 1.54) is 15.6 Å². The van der Waals surface area contributed by atoms with Crippen LogP contribution in [0.15, 0.2) is 47.8 Å².